The Kier molecular flexibility index (Phi) is 4.88. The molecule has 1 aromatic heterocycles. The predicted molar refractivity (Wildman–Crippen MR) is 67.8 cm³/mol. The van der Waals surface area contributed by atoms with Crippen LogP contribution in [0.15, 0.2) is 6.33 Å². The molecule has 6 heteroatoms. The Balaban J connectivity index is 2.84. The molecule has 0 bridgehead atoms. The molecule has 0 aliphatic heterocycles. The van der Waals surface area contributed by atoms with Crippen LogP contribution in [0.5, 0.6) is 5.88 Å². The van der Waals surface area contributed by atoms with E-state index in [1.54, 1.807) is 13.8 Å². The smallest absolute Gasteiger partial charge is 0.308 e. The highest BCUT2D eigenvalue weighted by Crippen LogP contribution is 2.22. The molecule has 2 N–H and O–H groups in total. The zero-order valence-electron chi connectivity index (χ0n) is 11.1. The molecule has 1 aromatic rings. The van der Waals surface area contributed by atoms with Crippen LogP contribution in [0.3, 0.4) is 0 Å². The van der Waals surface area contributed by atoms with Crippen LogP contribution in [0.1, 0.15) is 26.3 Å². The lowest BCUT2D eigenvalue weighted by Gasteiger charge is -2.20. The van der Waals surface area contributed by atoms with E-state index in [0.717, 1.165) is 5.56 Å². The monoisotopic (exact) mass is 253 g/mol. The third-order valence-electron chi connectivity index (χ3n) is 2.82. The van der Waals surface area contributed by atoms with Crippen molar-refractivity contribution < 1.29 is 14.6 Å². The summed E-state index contributed by atoms with van der Waals surface area (Å²) in [6, 6.07) is -0.231. The van der Waals surface area contributed by atoms with Crippen LogP contribution >= 0.6 is 0 Å². The number of anilines is 1. The summed E-state index contributed by atoms with van der Waals surface area (Å²) in [7, 11) is 0. The molecule has 6 nitrogen and oxygen atoms in total. The molecule has 0 amide bonds. The number of hydrogen-bond donors (Lipinski definition) is 2. The maximum atomic E-state index is 10.9. The number of carboxylic acids is 1. The Morgan fingerprint density at radius 2 is 2.17 bits per heavy atom. The summed E-state index contributed by atoms with van der Waals surface area (Å²) in [5.74, 6) is -0.221. The molecule has 0 aliphatic carbocycles. The van der Waals surface area contributed by atoms with Crippen molar-refractivity contribution >= 4 is 11.8 Å². The molecule has 0 spiro atoms. The number of aromatic nitrogens is 2. The Bertz CT molecular complexity index is 423. The first-order valence-electron chi connectivity index (χ1n) is 5.91. The van der Waals surface area contributed by atoms with Gasteiger partial charge in [0.25, 0.3) is 0 Å². The second kappa shape index (κ2) is 6.18. The third-order valence-corrected chi connectivity index (χ3v) is 2.82. The summed E-state index contributed by atoms with van der Waals surface area (Å²) in [5.41, 5.74) is 0.781. The summed E-state index contributed by atoms with van der Waals surface area (Å²) in [4.78, 5) is 19.0. The van der Waals surface area contributed by atoms with E-state index in [9.17, 15) is 4.79 Å². The van der Waals surface area contributed by atoms with E-state index < -0.39 is 11.9 Å². The molecule has 1 heterocycles. The van der Waals surface area contributed by atoms with Gasteiger partial charge in [0.1, 0.15) is 12.1 Å². The first-order chi connectivity index (χ1) is 8.47. The second-order valence-electron chi connectivity index (χ2n) is 4.15. The maximum Gasteiger partial charge on any atom is 0.308 e. The lowest BCUT2D eigenvalue weighted by atomic mass is 10.0. The minimum Gasteiger partial charge on any atom is -0.481 e. The highest BCUT2D eigenvalue weighted by atomic mass is 16.5. The highest BCUT2D eigenvalue weighted by molar-refractivity contribution is 5.71. The van der Waals surface area contributed by atoms with Crippen molar-refractivity contribution in [3.05, 3.63) is 11.9 Å². The topological polar surface area (TPSA) is 84.3 Å². The van der Waals surface area contributed by atoms with Crippen molar-refractivity contribution in [1.29, 1.82) is 0 Å². The largest absolute Gasteiger partial charge is 0.481 e. The number of ether oxygens (including phenoxy) is 1. The van der Waals surface area contributed by atoms with E-state index in [0.29, 0.717) is 18.3 Å². The number of nitrogens with zero attached hydrogens (tertiary/aromatic N) is 2. The highest BCUT2D eigenvalue weighted by Gasteiger charge is 2.20. The summed E-state index contributed by atoms with van der Waals surface area (Å²) >= 11 is 0. The first-order valence-corrected chi connectivity index (χ1v) is 5.91. The minimum absolute atomic E-state index is 0.231. The van der Waals surface area contributed by atoms with Crippen molar-refractivity contribution in [2.45, 2.75) is 33.7 Å². The second-order valence-corrected chi connectivity index (χ2v) is 4.15. The fourth-order valence-electron chi connectivity index (χ4n) is 1.42. The van der Waals surface area contributed by atoms with Crippen molar-refractivity contribution in [3.8, 4) is 5.88 Å². The van der Waals surface area contributed by atoms with Crippen molar-refractivity contribution in [3.63, 3.8) is 0 Å². The van der Waals surface area contributed by atoms with E-state index in [1.165, 1.54) is 6.33 Å². The van der Waals surface area contributed by atoms with Crippen LogP contribution in [-0.2, 0) is 4.79 Å². The summed E-state index contributed by atoms with van der Waals surface area (Å²) in [5, 5.41) is 12.0. The Labute approximate surface area is 106 Å². The lowest BCUT2D eigenvalue weighted by Crippen LogP contribution is -2.30. The molecule has 0 saturated carbocycles. The van der Waals surface area contributed by atoms with Crippen LogP contribution < -0.4 is 10.1 Å². The summed E-state index contributed by atoms with van der Waals surface area (Å²) in [6.45, 7) is 7.70. The molecule has 0 fully saturated rings. The molecule has 0 aliphatic rings. The molecule has 2 atom stereocenters. The molecule has 0 radical (unpaired) electrons. The number of aliphatic carboxylic acids is 1. The quantitative estimate of drug-likeness (QED) is 0.802. The fraction of sp³-hybridized carbons (Fsp3) is 0.583. The van der Waals surface area contributed by atoms with Gasteiger partial charge in [0.15, 0.2) is 0 Å². The standard InChI is InChI=1S/C12H19N3O3/c1-5-18-11-8(3)10(13-6-14-11)15-9(4)7(2)12(16)17/h6-7,9H,5H2,1-4H3,(H,16,17)(H,13,14,15). The van der Waals surface area contributed by atoms with Gasteiger partial charge in [-0.2, -0.15) is 0 Å². The molecule has 18 heavy (non-hydrogen) atoms. The SMILES string of the molecule is CCOc1ncnc(NC(C)C(C)C(=O)O)c1C. The van der Waals surface area contributed by atoms with Crippen molar-refractivity contribution in [1.82, 2.24) is 9.97 Å². The number of hydrogen-bond acceptors (Lipinski definition) is 5. The average Bonchev–Trinajstić information content (AvgIpc) is 2.33. The van der Waals surface area contributed by atoms with Gasteiger partial charge >= 0.3 is 5.97 Å². The van der Waals surface area contributed by atoms with E-state index in [4.69, 9.17) is 9.84 Å². The third kappa shape index (κ3) is 3.32. The molecular weight excluding hydrogens is 234 g/mol. The number of nitrogens with one attached hydrogen (secondary N) is 1. The van der Waals surface area contributed by atoms with Gasteiger partial charge in [0, 0.05) is 6.04 Å². The number of rotatable bonds is 6. The summed E-state index contributed by atoms with van der Waals surface area (Å²) in [6.07, 6.45) is 1.40. The lowest BCUT2D eigenvalue weighted by molar-refractivity contribution is -0.141. The van der Waals surface area contributed by atoms with Crippen LogP contribution in [-0.4, -0.2) is 33.7 Å². The Hall–Kier alpha value is -1.85. The van der Waals surface area contributed by atoms with Gasteiger partial charge in [-0.1, -0.05) is 0 Å². The van der Waals surface area contributed by atoms with Gasteiger partial charge in [-0.25, -0.2) is 9.97 Å². The van der Waals surface area contributed by atoms with Crippen molar-refractivity contribution in [2.24, 2.45) is 5.92 Å². The molecule has 0 aromatic carbocycles. The van der Waals surface area contributed by atoms with Crippen LogP contribution in [0.4, 0.5) is 5.82 Å². The first kappa shape index (κ1) is 14.2. The van der Waals surface area contributed by atoms with Crippen LogP contribution in [0.25, 0.3) is 0 Å². The van der Waals surface area contributed by atoms with E-state index in [2.05, 4.69) is 15.3 Å². The molecule has 1 rings (SSSR count). The van der Waals surface area contributed by atoms with E-state index in [-0.39, 0.29) is 6.04 Å². The maximum absolute atomic E-state index is 10.9. The van der Waals surface area contributed by atoms with Gasteiger partial charge in [0.2, 0.25) is 5.88 Å². The van der Waals surface area contributed by atoms with Gasteiger partial charge in [-0.15, -0.1) is 0 Å². The zero-order chi connectivity index (χ0) is 13.7. The molecule has 100 valence electrons. The normalized spacial score (nSPS) is 13.8. The predicted octanol–water partition coefficient (Wildman–Crippen LogP) is 1.70. The van der Waals surface area contributed by atoms with Gasteiger partial charge in [0.05, 0.1) is 18.1 Å². The van der Waals surface area contributed by atoms with Crippen LogP contribution in [0.2, 0.25) is 0 Å². The summed E-state index contributed by atoms with van der Waals surface area (Å²) < 4.78 is 5.36. The molecule has 0 saturated heterocycles. The Morgan fingerprint density at radius 1 is 1.50 bits per heavy atom. The fourth-order valence-corrected chi connectivity index (χ4v) is 1.42. The molecule has 2 unspecified atom stereocenters. The van der Waals surface area contributed by atoms with Crippen molar-refractivity contribution in [2.75, 3.05) is 11.9 Å². The van der Waals surface area contributed by atoms with Crippen LogP contribution in [0, 0.1) is 12.8 Å². The van der Waals surface area contributed by atoms with E-state index in [1.807, 2.05) is 13.8 Å². The van der Waals surface area contributed by atoms with Gasteiger partial charge in [-0.3, -0.25) is 4.79 Å². The zero-order valence-corrected chi connectivity index (χ0v) is 11.1. The number of carboxylic acid groups (broad SMARTS) is 1. The van der Waals surface area contributed by atoms with Gasteiger partial charge in [-0.05, 0) is 27.7 Å². The molecular formula is C12H19N3O3. The Morgan fingerprint density at radius 3 is 2.72 bits per heavy atom. The average molecular weight is 253 g/mol. The number of carbonyl (C=O) groups is 1. The van der Waals surface area contributed by atoms with Gasteiger partial charge < -0.3 is 15.2 Å². The van der Waals surface area contributed by atoms with E-state index >= 15 is 0 Å². The minimum atomic E-state index is -0.841.